The van der Waals surface area contributed by atoms with Crippen LogP contribution in [0.25, 0.3) is 17.1 Å². The van der Waals surface area contributed by atoms with Crippen molar-refractivity contribution in [2.45, 2.75) is 0 Å². The molecule has 1 aliphatic heterocycles. The first-order chi connectivity index (χ1) is 9.47. The van der Waals surface area contributed by atoms with Crippen molar-refractivity contribution in [1.82, 2.24) is 19.8 Å². The molecule has 3 amide bonds. The van der Waals surface area contributed by atoms with Crippen molar-refractivity contribution in [3.05, 3.63) is 39.9 Å². The van der Waals surface area contributed by atoms with Crippen LogP contribution in [0.3, 0.4) is 0 Å². The number of imide groups is 1. The predicted molar refractivity (Wildman–Crippen MR) is 72.8 cm³/mol. The molecule has 2 N–H and O–H groups in total. The van der Waals surface area contributed by atoms with E-state index in [1.165, 1.54) is 4.57 Å². The summed E-state index contributed by atoms with van der Waals surface area (Å²) in [5.74, 6) is -0.461. The second-order valence-electron chi connectivity index (χ2n) is 4.62. The number of fused-ring (bicyclic) bond motifs is 1. The lowest BCUT2D eigenvalue weighted by Crippen LogP contribution is -2.22. The van der Waals surface area contributed by atoms with Gasteiger partial charge in [-0.1, -0.05) is 6.07 Å². The molecule has 102 valence electrons. The molecule has 1 aromatic heterocycles. The van der Waals surface area contributed by atoms with E-state index in [2.05, 4.69) is 10.6 Å². The van der Waals surface area contributed by atoms with Crippen LogP contribution in [-0.2, 0) is 18.9 Å². The monoisotopic (exact) mass is 272 g/mol. The van der Waals surface area contributed by atoms with Gasteiger partial charge in [0.15, 0.2) is 0 Å². The summed E-state index contributed by atoms with van der Waals surface area (Å²) in [6.45, 7) is 0. The Labute approximate surface area is 113 Å². The number of carbonyl (C=O) groups excluding carboxylic acids is 2. The Balaban J connectivity index is 2.13. The molecule has 7 heteroatoms. The fourth-order valence-corrected chi connectivity index (χ4v) is 2.26. The molecule has 0 aliphatic carbocycles. The summed E-state index contributed by atoms with van der Waals surface area (Å²) in [7, 11) is 3.39. The molecular weight excluding hydrogens is 260 g/mol. The number of carbonyl (C=O) groups is 2. The number of aryl methyl sites for hydroxylation is 2. The Bertz CT molecular complexity index is 841. The summed E-state index contributed by atoms with van der Waals surface area (Å²) in [6, 6.07) is 4.85. The number of hydrogen-bond acceptors (Lipinski definition) is 3. The molecule has 20 heavy (non-hydrogen) atoms. The largest absolute Gasteiger partial charge is 0.328 e. The summed E-state index contributed by atoms with van der Waals surface area (Å²) in [5.41, 5.74) is 2.37. The zero-order valence-corrected chi connectivity index (χ0v) is 10.9. The van der Waals surface area contributed by atoms with Crippen LogP contribution in [0.2, 0.25) is 0 Å². The standard InChI is InChI=1S/C13H12N4O3/c1-16-9-4-3-7(6-10(9)17(2)13(16)20)5-8-11(18)15-12(19)14-8/h3-6H,1-2H3,(H2,14,15,18,19). The Morgan fingerprint density at radius 3 is 2.35 bits per heavy atom. The van der Waals surface area contributed by atoms with Crippen LogP contribution < -0.4 is 16.3 Å². The number of nitrogens with one attached hydrogen (secondary N) is 2. The summed E-state index contributed by atoms with van der Waals surface area (Å²) in [4.78, 5) is 34.3. The normalized spacial score (nSPS) is 16.8. The second-order valence-corrected chi connectivity index (χ2v) is 4.62. The molecule has 0 radical (unpaired) electrons. The summed E-state index contributed by atoms with van der Waals surface area (Å²) >= 11 is 0. The van der Waals surface area contributed by atoms with Crippen LogP contribution in [-0.4, -0.2) is 21.1 Å². The third-order valence-corrected chi connectivity index (χ3v) is 3.33. The first-order valence-corrected chi connectivity index (χ1v) is 5.97. The molecule has 1 fully saturated rings. The van der Waals surface area contributed by atoms with Crippen molar-refractivity contribution >= 4 is 29.0 Å². The predicted octanol–water partition coefficient (Wildman–Crippen LogP) is 0.0573. The van der Waals surface area contributed by atoms with E-state index in [0.717, 1.165) is 16.6 Å². The fourth-order valence-electron chi connectivity index (χ4n) is 2.26. The molecule has 3 rings (SSSR count). The molecule has 2 aromatic rings. The number of imidazole rings is 1. The minimum atomic E-state index is -0.533. The topological polar surface area (TPSA) is 85.1 Å². The zero-order chi connectivity index (χ0) is 14.4. The Morgan fingerprint density at radius 2 is 1.70 bits per heavy atom. The van der Waals surface area contributed by atoms with E-state index in [1.807, 2.05) is 0 Å². The van der Waals surface area contributed by atoms with Crippen molar-refractivity contribution in [2.75, 3.05) is 0 Å². The van der Waals surface area contributed by atoms with E-state index < -0.39 is 11.9 Å². The molecule has 1 saturated heterocycles. The molecule has 2 heterocycles. The van der Waals surface area contributed by atoms with Gasteiger partial charge in [0.2, 0.25) is 0 Å². The van der Waals surface area contributed by atoms with Gasteiger partial charge in [0, 0.05) is 14.1 Å². The SMILES string of the molecule is Cn1c(=O)n(C)c2cc(C=C3NC(=O)NC3=O)ccc21. The molecule has 1 aromatic carbocycles. The van der Waals surface area contributed by atoms with E-state index in [0.29, 0.717) is 0 Å². The quantitative estimate of drug-likeness (QED) is 0.568. The molecule has 1 aliphatic rings. The molecular formula is C13H12N4O3. The lowest BCUT2D eigenvalue weighted by molar-refractivity contribution is -0.115. The third-order valence-electron chi connectivity index (χ3n) is 3.33. The van der Waals surface area contributed by atoms with Gasteiger partial charge in [0.25, 0.3) is 5.91 Å². The zero-order valence-electron chi connectivity index (χ0n) is 10.9. The Kier molecular flexibility index (Phi) is 2.50. The number of benzene rings is 1. The molecule has 0 unspecified atom stereocenters. The number of hydrogen-bond donors (Lipinski definition) is 2. The highest BCUT2D eigenvalue weighted by Gasteiger charge is 2.22. The summed E-state index contributed by atoms with van der Waals surface area (Å²) in [6.07, 6.45) is 1.57. The average Bonchev–Trinajstić information content (AvgIpc) is 2.83. The van der Waals surface area contributed by atoms with E-state index in [-0.39, 0.29) is 11.4 Å². The van der Waals surface area contributed by atoms with Gasteiger partial charge in [-0.05, 0) is 23.8 Å². The van der Waals surface area contributed by atoms with Gasteiger partial charge < -0.3 is 5.32 Å². The van der Waals surface area contributed by atoms with Gasteiger partial charge in [-0.25, -0.2) is 9.59 Å². The van der Waals surface area contributed by atoms with E-state index >= 15 is 0 Å². The first-order valence-electron chi connectivity index (χ1n) is 5.97. The number of amides is 3. The number of aromatic nitrogens is 2. The Hall–Kier alpha value is -2.83. The van der Waals surface area contributed by atoms with Crippen molar-refractivity contribution < 1.29 is 9.59 Å². The lowest BCUT2D eigenvalue weighted by Gasteiger charge is -1.99. The maximum atomic E-state index is 11.8. The van der Waals surface area contributed by atoms with Crippen LogP contribution in [0, 0.1) is 0 Å². The van der Waals surface area contributed by atoms with Crippen molar-refractivity contribution in [2.24, 2.45) is 14.1 Å². The van der Waals surface area contributed by atoms with Crippen LogP contribution in [0.4, 0.5) is 4.79 Å². The maximum Gasteiger partial charge on any atom is 0.328 e. The number of rotatable bonds is 1. The number of nitrogens with zero attached hydrogens (tertiary/aromatic N) is 2. The smallest absolute Gasteiger partial charge is 0.303 e. The fraction of sp³-hybridized carbons (Fsp3) is 0.154. The van der Waals surface area contributed by atoms with E-state index in [4.69, 9.17) is 0 Å². The highest BCUT2D eigenvalue weighted by atomic mass is 16.2. The van der Waals surface area contributed by atoms with Crippen LogP contribution in [0.1, 0.15) is 5.56 Å². The summed E-state index contributed by atoms with van der Waals surface area (Å²) in [5, 5.41) is 4.55. The van der Waals surface area contributed by atoms with Crippen molar-refractivity contribution in [1.29, 1.82) is 0 Å². The van der Waals surface area contributed by atoms with Gasteiger partial charge >= 0.3 is 11.7 Å². The molecule has 0 spiro atoms. The highest BCUT2D eigenvalue weighted by Crippen LogP contribution is 2.16. The van der Waals surface area contributed by atoms with Gasteiger partial charge in [-0.15, -0.1) is 0 Å². The van der Waals surface area contributed by atoms with Gasteiger partial charge in [0.1, 0.15) is 5.70 Å². The van der Waals surface area contributed by atoms with Gasteiger partial charge in [-0.3, -0.25) is 19.2 Å². The van der Waals surface area contributed by atoms with Gasteiger partial charge in [0.05, 0.1) is 11.0 Å². The second kappa shape index (κ2) is 4.09. The van der Waals surface area contributed by atoms with Crippen LogP contribution >= 0.6 is 0 Å². The van der Waals surface area contributed by atoms with E-state index in [9.17, 15) is 14.4 Å². The Morgan fingerprint density at radius 1 is 1.00 bits per heavy atom. The third kappa shape index (κ3) is 1.71. The number of urea groups is 1. The molecule has 0 bridgehead atoms. The molecule has 0 saturated carbocycles. The average molecular weight is 272 g/mol. The first kappa shape index (κ1) is 12.2. The van der Waals surface area contributed by atoms with Crippen LogP contribution in [0.5, 0.6) is 0 Å². The lowest BCUT2D eigenvalue weighted by atomic mass is 10.1. The van der Waals surface area contributed by atoms with Crippen molar-refractivity contribution in [3.8, 4) is 0 Å². The van der Waals surface area contributed by atoms with Crippen molar-refractivity contribution in [3.63, 3.8) is 0 Å². The molecule has 7 nitrogen and oxygen atoms in total. The van der Waals surface area contributed by atoms with E-state index in [1.54, 1.807) is 42.9 Å². The van der Waals surface area contributed by atoms with Gasteiger partial charge in [-0.2, -0.15) is 0 Å². The maximum absolute atomic E-state index is 11.8. The minimum Gasteiger partial charge on any atom is -0.303 e. The summed E-state index contributed by atoms with van der Waals surface area (Å²) < 4.78 is 3.08. The molecule has 0 atom stereocenters. The highest BCUT2D eigenvalue weighted by molar-refractivity contribution is 6.14. The van der Waals surface area contributed by atoms with Crippen LogP contribution in [0.15, 0.2) is 28.7 Å². The minimum absolute atomic E-state index is 0.114.